The van der Waals surface area contributed by atoms with Crippen LogP contribution in [0.15, 0.2) is 29.2 Å². The van der Waals surface area contributed by atoms with Gasteiger partial charge in [0, 0.05) is 4.90 Å². The summed E-state index contributed by atoms with van der Waals surface area (Å²) < 4.78 is 0.969. The van der Waals surface area contributed by atoms with Crippen LogP contribution in [-0.2, 0) is 0 Å². The molecule has 0 nitrogen and oxygen atoms in total. The summed E-state index contributed by atoms with van der Waals surface area (Å²) >= 11 is 5.18. The van der Waals surface area contributed by atoms with Gasteiger partial charge in [0.25, 0.3) is 0 Å². The summed E-state index contributed by atoms with van der Waals surface area (Å²) in [6.07, 6.45) is 0. The third-order valence-electron chi connectivity index (χ3n) is 1.21. The van der Waals surface area contributed by atoms with Crippen molar-refractivity contribution in [3.63, 3.8) is 0 Å². The first-order valence-corrected chi connectivity index (χ1v) is 5.19. The molecule has 0 fully saturated rings. The molecule has 0 aromatic heterocycles. The van der Waals surface area contributed by atoms with E-state index in [9.17, 15) is 0 Å². The molecule has 2 heteroatoms. The third-order valence-corrected chi connectivity index (χ3v) is 2.59. The van der Waals surface area contributed by atoms with E-state index in [0.717, 1.165) is 4.66 Å². The van der Waals surface area contributed by atoms with Gasteiger partial charge in [0.2, 0.25) is 0 Å². The van der Waals surface area contributed by atoms with Crippen LogP contribution < -0.4 is 0 Å². The van der Waals surface area contributed by atoms with Crippen LogP contribution in [0.3, 0.4) is 0 Å². The Labute approximate surface area is 74.2 Å². The van der Waals surface area contributed by atoms with Crippen molar-refractivity contribution >= 4 is 27.7 Å². The largest absolute Gasteiger partial charge is 0.115 e. The molecule has 0 aliphatic rings. The number of hydrogen-bond acceptors (Lipinski definition) is 1. The van der Waals surface area contributed by atoms with Crippen LogP contribution in [0.4, 0.5) is 0 Å². The molecule has 0 unspecified atom stereocenters. The van der Waals surface area contributed by atoms with Crippen molar-refractivity contribution in [2.75, 3.05) is 4.66 Å². The highest BCUT2D eigenvalue weighted by Crippen LogP contribution is 2.19. The van der Waals surface area contributed by atoms with E-state index in [1.54, 1.807) is 11.8 Å². The molecule has 0 atom stereocenters. The minimum atomic E-state index is 0.969. The molecule has 0 saturated heterocycles. The van der Waals surface area contributed by atoms with Gasteiger partial charge < -0.3 is 0 Å². The lowest BCUT2D eigenvalue weighted by Gasteiger charge is -1.97. The summed E-state index contributed by atoms with van der Waals surface area (Å²) in [5, 5.41) is 0. The van der Waals surface area contributed by atoms with Crippen LogP contribution in [-0.4, -0.2) is 4.66 Å². The predicted molar refractivity (Wildman–Crippen MR) is 50.8 cm³/mol. The Morgan fingerprint density at radius 3 is 2.90 bits per heavy atom. The molecule has 0 bridgehead atoms. The zero-order chi connectivity index (χ0) is 7.40. The fraction of sp³-hybridized carbons (Fsp3) is 0.250. The molecule has 0 aliphatic carbocycles. The monoisotopic (exact) mass is 216 g/mol. The van der Waals surface area contributed by atoms with Crippen molar-refractivity contribution in [1.82, 2.24) is 0 Å². The second kappa shape index (κ2) is 4.04. The maximum absolute atomic E-state index is 3.37. The Balaban J connectivity index is 2.75. The van der Waals surface area contributed by atoms with Crippen LogP contribution in [0.25, 0.3) is 0 Å². The molecular weight excluding hydrogens is 208 g/mol. The molecule has 0 aliphatic heterocycles. The Bertz CT molecular complexity index is 210. The summed E-state index contributed by atoms with van der Waals surface area (Å²) in [5.41, 5.74) is 1.32. The van der Waals surface area contributed by atoms with E-state index in [1.807, 2.05) is 0 Å². The van der Waals surface area contributed by atoms with Gasteiger partial charge in [0.15, 0.2) is 0 Å². The average molecular weight is 217 g/mol. The lowest BCUT2D eigenvalue weighted by atomic mass is 10.2. The summed E-state index contributed by atoms with van der Waals surface area (Å²) in [4.78, 5) is 1.33. The molecule has 1 rings (SSSR count). The van der Waals surface area contributed by atoms with Crippen molar-refractivity contribution in [2.24, 2.45) is 0 Å². The Hall–Kier alpha value is 0.0500. The Morgan fingerprint density at radius 1 is 1.50 bits per heavy atom. The first kappa shape index (κ1) is 8.15. The highest BCUT2D eigenvalue weighted by Gasteiger charge is 1.89. The Morgan fingerprint density at radius 2 is 2.30 bits per heavy atom. The van der Waals surface area contributed by atoms with Crippen molar-refractivity contribution < 1.29 is 0 Å². The van der Waals surface area contributed by atoms with Crippen molar-refractivity contribution in [1.29, 1.82) is 0 Å². The van der Waals surface area contributed by atoms with Crippen molar-refractivity contribution in [2.45, 2.75) is 11.8 Å². The minimum Gasteiger partial charge on any atom is -0.115 e. The smallest absolute Gasteiger partial charge is 0.0537 e. The molecule has 0 N–H and O–H groups in total. The van der Waals surface area contributed by atoms with Crippen molar-refractivity contribution in [3.05, 3.63) is 29.8 Å². The summed E-state index contributed by atoms with van der Waals surface area (Å²) in [6, 6.07) is 8.50. The molecule has 1 aromatic rings. The first-order valence-electron chi connectivity index (χ1n) is 3.08. The molecule has 0 spiro atoms. The fourth-order valence-corrected chi connectivity index (χ4v) is 2.13. The van der Waals surface area contributed by atoms with E-state index in [0.29, 0.717) is 0 Å². The predicted octanol–water partition coefficient (Wildman–Crippen LogP) is 3.44. The average Bonchev–Trinajstić information content (AvgIpc) is 1.88. The lowest BCUT2D eigenvalue weighted by Crippen LogP contribution is -1.72. The first-order chi connectivity index (χ1) is 4.83. The molecule has 0 amide bonds. The lowest BCUT2D eigenvalue weighted by molar-refractivity contribution is 1.36. The zero-order valence-corrected chi connectivity index (χ0v) is 8.21. The van der Waals surface area contributed by atoms with Crippen LogP contribution in [0.2, 0.25) is 0 Å². The van der Waals surface area contributed by atoms with E-state index in [2.05, 4.69) is 47.1 Å². The van der Waals surface area contributed by atoms with Gasteiger partial charge in [-0.05, 0) is 19.1 Å². The highest BCUT2D eigenvalue weighted by molar-refractivity contribution is 9.11. The van der Waals surface area contributed by atoms with Crippen LogP contribution in [0, 0.1) is 6.92 Å². The topological polar surface area (TPSA) is 0 Å². The number of aryl methyl sites for hydroxylation is 1. The fourth-order valence-electron chi connectivity index (χ4n) is 0.768. The molecule has 0 saturated carbocycles. The number of thioether (sulfide) groups is 1. The van der Waals surface area contributed by atoms with Gasteiger partial charge in [-0.3, -0.25) is 0 Å². The normalized spacial score (nSPS) is 9.80. The SMILES string of the molecule is Cc1cccc(SCBr)c1. The van der Waals surface area contributed by atoms with Gasteiger partial charge in [0.1, 0.15) is 0 Å². The molecule has 0 radical (unpaired) electrons. The van der Waals surface area contributed by atoms with Crippen LogP contribution in [0.5, 0.6) is 0 Å². The van der Waals surface area contributed by atoms with Gasteiger partial charge in [-0.15, -0.1) is 11.8 Å². The van der Waals surface area contributed by atoms with Crippen molar-refractivity contribution in [3.8, 4) is 0 Å². The van der Waals surface area contributed by atoms with E-state index in [4.69, 9.17) is 0 Å². The molecule has 1 aromatic carbocycles. The van der Waals surface area contributed by atoms with E-state index in [1.165, 1.54) is 10.5 Å². The highest BCUT2D eigenvalue weighted by atomic mass is 79.9. The van der Waals surface area contributed by atoms with Gasteiger partial charge in [-0.2, -0.15) is 0 Å². The van der Waals surface area contributed by atoms with Gasteiger partial charge >= 0.3 is 0 Å². The number of halogens is 1. The second-order valence-electron chi connectivity index (χ2n) is 2.07. The van der Waals surface area contributed by atoms with E-state index >= 15 is 0 Å². The standard InChI is InChI=1S/C8H9BrS/c1-7-3-2-4-8(5-7)10-6-9/h2-5H,6H2,1H3. The van der Waals surface area contributed by atoms with Gasteiger partial charge in [0.05, 0.1) is 4.66 Å². The summed E-state index contributed by atoms with van der Waals surface area (Å²) in [6.45, 7) is 2.11. The molecule has 54 valence electrons. The number of hydrogen-bond donors (Lipinski definition) is 0. The quantitative estimate of drug-likeness (QED) is 0.540. The van der Waals surface area contributed by atoms with E-state index in [-0.39, 0.29) is 0 Å². The van der Waals surface area contributed by atoms with Crippen LogP contribution in [0.1, 0.15) is 5.56 Å². The van der Waals surface area contributed by atoms with Crippen LogP contribution >= 0.6 is 27.7 Å². The number of rotatable bonds is 2. The summed E-state index contributed by atoms with van der Waals surface area (Å²) in [7, 11) is 0. The maximum Gasteiger partial charge on any atom is 0.0537 e. The molecule has 0 heterocycles. The van der Waals surface area contributed by atoms with Gasteiger partial charge in [-0.1, -0.05) is 33.6 Å². The third kappa shape index (κ3) is 2.35. The summed E-state index contributed by atoms with van der Waals surface area (Å²) in [5.74, 6) is 0. The second-order valence-corrected chi connectivity index (χ2v) is 4.42. The number of benzene rings is 1. The minimum absolute atomic E-state index is 0.969. The molecule has 10 heavy (non-hydrogen) atoms. The number of alkyl halides is 1. The molecular formula is C8H9BrS. The maximum atomic E-state index is 3.37. The van der Waals surface area contributed by atoms with Gasteiger partial charge in [-0.25, -0.2) is 0 Å². The zero-order valence-electron chi connectivity index (χ0n) is 5.80. The van der Waals surface area contributed by atoms with E-state index < -0.39 is 0 Å². The Kier molecular flexibility index (Phi) is 3.29.